The molecule has 0 saturated heterocycles. The van der Waals surface area contributed by atoms with Crippen molar-refractivity contribution < 1.29 is 22.7 Å². The number of benzene rings is 2. The first kappa shape index (κ1) is 26.5. The summed E-state index contributed by atoms with van der Waals surface area (Å²) in [6.45, 7) is 3.59. The smallest absolute Gasteiger partial charge is 0.244 e. The van der Waals surface area contributed by atoms with E-state index in [0.29, 0.717) is 28.6 Å². The quantitative estimate of drug-likeness (QED) is 0.517. The van der Waals surface area contributed by atoms with Gasteiger partial charge in [-0.25, -0.2) is 8.42 Å². The third-order valence-electron chi connectivity index (χ3n) is 5.05. The number of hydrogen-bond acceptors (Lipinski definition) is 5. The van der Waals surface area contributed by atoms with Gasteiger partial charge in [-0.2, -0.15) is 0 Å². The molecule has 0 aliphatic heterocycles. The predicted molar refractivity (Wildman–Crippen MR) is 130 cm³/mol. The van der Waals surface area contributed by atoms with Crippen molar-refractivity contribution in [2.24, 2.45) is 0 Å². The fourth-order valence-electron chi connectivity index (χ4n) is 3.15. The van der Waals surface area contributed by atoms with Gasteiger partial charge in [0.1, 0.15) is 18.3 Å². The molecule has 0 spiro atoms. The standard InChI is InChI=1S/C23H30ClN3O5S/c1-5-14-25-23(29)17(2)26(15-18-8-6-7-9-21(18)24)22(28)16-27(33(4,30)31)19-10-12-20(32-3)13-11-19/h6-13,17H,5,14-16H2,1-4H3,(H,25,29)/t17-/m1/s1. The molecule has 0 heterocycles. The highest BCUT2D eigenvalue weighted by atomic mass is 35.5. The summed E-state index contributed by atoms with van der Waals surface area (Å²) in [5.41, 5.74) is 0.963. The van der Waals surface area contributed by atoms with Crippen LogP contribution in [0.25, 0.3) is 0 Å². The number of methoxy groups -OCH3 is 1. The minimum Gasteiger partial charge on any atom is -0.497 e. The molecule has 0 fully saturated rings. The maximum Gasteiger partial charge on any atom is 0.244 e. The fraction of sp³-hybridized carbons (Fsp3) is 0.391. The van der Waals surface area contributed by atoms with Crippen molar-refractivity contribution >= 4 is 39.1 Å². The monoisotopic (exact) mass is 495 g/mol. The van der Waals surface area contributed by atoms with E-state index in [1.807, 2.05) is 6.92 Å². The molecule has 10 heteroatoms. The first-order valence-electron chi connectivity index (χ1n) is 10.5. The predicted octanol–water partition coefficient (Wildman–Crippen LogP) is 3.06. The van der Waals surface area contributed by atoms with E-state index in [2.05, 4.69) is 5.32 Å². The Morgan fingerprint density at radius 3 is 2.30 bits per heavy atom. The number of carbonyl (C=O) groups is 2. The van der Waals surface area contributed by atoms with Gasteiger partial charge in [0.2, 0.25) is 21.8 Å². The number of halogens is 1. The maximum atomic E-state index is 13.4. The van der Waals surface area contributed by atoms with Gasteiger partial charge in [0.25, 0.3) is 0 Å². The maximum absolute atomic E-state index is 13.4. The molecule has 0 aromatic heterocycles. The van der Waals surface area contributed by atoms with Crippen LogP contribution in [0.2, 0.25) is 5.02 Å². The van der Waals surface area contributed by atoms with Gasteiger partial charge in [-0.15, -0.1) is 0 Å². The second kappa shape index (κ2) is 11.9. The molecule has 2 aromatic rings. The Morgan fingerprint density at radius 2 is 1.76 bits per heavy atom. The molecule has 2 amide bonds. The topological polar surface area (TPSA) is 96.0 Å². The molecule has 2 rings (SSSR count). The van der Waals surface area contributed by atoms with Gasteiger partial charge >= 0.3 is 0 Å². The van der Waals surface area contributed by atoms with E-state index >= 15 is 0 Å². The Balaban J connectivity index is 2.37. The zero-order chi connectivity index (χ0) is 24.6. The van der Waals surface area contributed by atoms with Crippen LogP contribution in [0.4, 0.5) is 5.69 Å². The van der Waals surface area contributed by atoms with E-state index in [4.69, 9.17) is 16.3 Å². The van der Waals surface area contributed by atoms with Crippen molar-refractivity contribution in [3.8, 4) is 5.75 Å². The number of ether oxygens (including phenoxy) is 1. The van der Waals surface area contributed by atoms with E-state index in [0.717, 1.165) is 17.0 Å². The highest BCUT2D eigenvalue weighted by molar-refractivity contribution is 7.92. The summed E-state index contributed by atoms with van der Waals surface area (Å²) in [5.74, 6) is -0.303. The van der Waals surface area contributed by atoms with Gasteiger partial charge in [-0.1, -0.05) is 36.7 Å². The van der Waals surface area contributed by atoms with Crippen LogP contribution in [0.1, 0.15) is 25.8 Å². The number of anilines is 1. The van der Waals surface area contributed by atoms with Crippen LogP contribution < -0.4 is 14.4 Å². The molecule has 180 valence electrons. The number of nitrogens with zero attached hydrogens (tertiary/aromatic N) is 2. The highest BCUT2D eigenvalue weighted by Gasteiger charge is 2.30. The molecule has 1 N–H and O–H groups in total. The van der Waals surface area contributed by atoms with Gasteiger partial charge in [0.05, 0.1) is 19.1 Å². The molecule has 33 heavy (non-hydrogen) atoms. The first-order chi connectivity index (χ1) is 15.6. The molecule has 8 nitrogen and oxygen atoms in total. The van der Waals surface area contributed by atoms with E-state index < -0.39 is 28.5 Å². The highest BCUT2D eigenvalue weighted by Crippen LogP contribution is 2.23. The van der Waals surface area contributed by atoms with Gasteiger partial charge < -0.3 is 15.0 Å². The van der Waals surface area contributed by atoms with Gasteiger partial charge in [0, 0.05) is 18.1 Å². The number of rotatable bonds is 11. The fourth-order valence-corrected chi connectivity index (χ4v) is 4.20. The van der Waals surface area contributed by atoms with E-state index in [9.17, 15) is 18.0 Å². The first-order valence-corrected chi connectivity index (χ1v) is 12.7. The van der Waals surface area contributed by atoms with Crippen LogP contribution in [-0.2, 0) is 26.2 Å². The summed E-state index contributed by atoms with van der Waals surface area (Å²) in [6.07, 6.45) is 1.77. The molecule has 1 atom stereocenters. The van der Waals surface area contributed by atoms with Crippen LogP contribution in [0.15, 0.2) is 48.5 Å². The third kappa shape index (κ3) is 7.36. The van der Waals surface area contributed by atoms with E-state index in [1.165, 1.54) is 12.0 Å². The molecular formula is C23H30ClN3O5S. The lowest BCUT2D eigenvalue weighted by molar-refractivity contribution is -0.139. The largest absolute Gasteiger partial charge is 0.497 e. The number of amides is 2. The summed E-state index contributed by atoms with van der Waals surface area (Å²) in [4.78, 5) is 27.4. The molecule has 0 saturated carbocycles. The number of sulfonamides is 1. The van der Waals surface area contributed by atoms with Gasteiger partial charge in [-0.05, 0) is 49.2 Å². The molecule has 0 bridgehead atoms. The molecule has 2 aromatic carbocycles. The average Bonchev–Trinajstić information content (AvgIpc) is 2.79. The SMILES string of the molecule is CCCNC(=O)[C@@H](C)N(Cc1ccccc1Cl)C(=O)CN(c1ccc(OC)cc1)S(C)(=O)=O. The zero-order valence-corrected chi connectivity index (χ0v) is 20.8. The van der Waals surface area contributed by atoms with Crippen LogP contribution >= 0.6 is 11.6 Å². The van der Waals surface area contributed by atoms with Crippen molar-refractivity contribution in [3.63, 3.8) is 0 Å². The van der Waals surface area contributed by atoms with Crippen LogP contribution in [-0.4, -0.2) is 57.6 Å². The summed E-state index contributed by atoms with van der Waals surface area (Å²) >= 11 is 6.29. The lowest BCUT2D eigenvalue weighted by Gasteiger charge is -2.31. The summed E-state index contributed by atoms with van der Waals surface area (Å²) in [5, 5.41) is 3.23. The van der Waals surface area contributed by atoms with Crippen molar-refractivity contribution in [2.45, 2.75) is 32.9 Å². The molecule has 0 radical (unpaired) electrons. The number of carbonyl (C=O) groups excluding carboxylic acids is 2. The molecule has 0 aliphatic carbocycles. The van der Waals surface area contributed by atoms with Gasteiger partial charge in [0.15, 0.2) is 0 Å². The van der Waals surface area contributed by atoms with Gasteiger partial charge in [-0.3, -0.25) is 13.9 Å². The number of hydrogen-bond donors (Lipinski definition) is 1. The Hall–Kier alpha value is -2.78. The van der Waals surface area contributed by atoms with E-state index in [-0.39, 0.29) is 12.5 Å². The van der Waals surface area contributed by atoms with E-state index in [1.54, 1.807) is 55.5 Å². The average molecular weight is 496 g/mol. The third-order valence-corrected chi connectivity index (χ3v) is 6.56. The van der Waals surface area contributed by atoms with Crippen molar-refractivity contribution in [1.82, 2.24) is 10.2 Å². The van der Waals surface area contributed by atoms with Crippen molar-refractivity contribution in [3.05, 3.63) is 59.1 Å². The summed E-state index contributed by atoms with van der Waals surface area (Å²) in [6, 6.07) is 12.5. The zero-order valence-electron chi connectivity index (χ0n) is 19.2. The van der Waals surface area contributed by atoms with Crippen molar-refractivity contribution in [2.75, 3.05) is 30.8 Å². The lowest BCUT2D eigenvalue weighted by Crippen LogP contribution is -2.51. The Labute approximate surface area is 200 Å². The molecule has 0 unspecified atom stereocenters. The van der Waals surface area contributed by atoms with Crippen LogP contribution in [0.3, 0.4) is 0 Å². The lowest BCUT2D eigenvalue weighted by atomic mass is 10.1. The minimum atomic E-state index is -3.79. The summed E-state index contributed by atoms with van der Waals surface area (Å²) in [7, 11) is -2.28. The van der Waals surface area contributed by atoms with Crippen LogP contribution in [0.5, 0.6) is 5.75 Å². The minimum absolute atomic E-state index is 0.0550. The summed E-state index contributed by atoms with van der Waals surface area (Å²) < 4.78 is 31.2. The second-order valence-corrected chi connectivity index (χ2v) is 9.86. The van der Waals surface area contributed by atoms with Crippen molar-refractivity contribution in [1.29, 1.82) is 0 Å². The Kier molecular flexibility index (Phi) is 9.55. The number of nitrogens with one attached hydrogen (secondary N) is 1. The second-order valence-electron chi connectivity index (χ2n) is 7.55. The van der Waals surface area contributed by atoms with Crippen LogP contribution in [0, 0.1) is 0 Å². The Morgan fingerprint density at radius 1 is 1.12 bits per heavy atom. The normalized spacial score (nSPS) is 12.0. The molecule has 0 aliphatic rings. The molecular weight excluding hydrogens is 466 g/mol. The Bertz CT molecular complexity index is 1060.